The fourth-order valence-corrected chi connectivity index (χ4v) is 2.43. The summed E-state index contributed by atoms with van der Waals surface area (Å²) >= 11 is 0. The monoisotopic (exact) mass is 572 g/mol. The number of esters is 2. The molecule has 1 aromatic carbocycles. The van der Waals surface area contributed by atoms with Crippen LogP contribution in [0.25, 0.3) is 0 Å². The van der Waals surface area contributed by atoms with Crippen LogP contribution >= 0.6 is 0 Å². The van der Waals surface area contributed by atoms with Gasteiger partial charge in [0.15, 0.2) is 0 Å². The predicted molar refractivity (Wildman–Crippen MR) is 92.8 cm³/mol. The van der Waals surface area contributed by atoms with Gasteiger partial charge in [-0.3, -0.25) is 0 Å². The molecule has 0 aliphatic rings. The molecule has 0 aliphatic heterocycles. The lowest BCUT2D eigenvalue weighted by Gasteiger charge is -2.27. The minimum Gasteiger partial charge on any atom is -0.422 e. The van der Waals surface area contributed by atoms with Crippen molar-refractivity contribution in [1.82, 2.24) is 0 Å². The van der Waals surface area contributed by atoms with Crippen LogP contribution in [0, 0.1) is 0 Å². The molecule has 4 nitrogen and oxygen atoms in total. The lowest BCUT2D eigenvalue weighted by atomic mass is 10.1. The molecule has 0 aromatic heterocycles. The Morgan fingerprint density at radius 3 is 1.27 bits per heavy atom. The molecular formula is C19H14F14O4. The minimum atomic E-state index is -6.95. The number of benzene rings is 1. The maximum Gasteiger partial charge on any atom is 0.460 e. The highest BCUT2D eigenvalue weighted by molar-refractivity contribution is 5.83. The van der Waals surface area contributed by atoms with Crippen LogP contribution < -0.4 is 9.47 Å². The van der Waals surface area contributed by atoms with Gasteiger partial charge in [0.05, 0.1) is 0 Å². The predicted octanol–water partition coefficient (Wildman–Crippen LogP) is 6.90. The van der Waals surface area contributed by atoms with E-state index in [-0.39, 0.29) is 24.5 Å². The Bertz CT molecular complexity index is 912. The van der Waals surface area contributed by atoms with Gasteiger partial charge in [0.2, 0.25) is 0 Å². The van der Waals surface area contributed by atoms with E-state index in [2.05, 4.69) is 9.47 Å². The maximum absolute atomic E-state index is 13.5. The van der Waals surface area contributed by atoms with Crippen molar-refractivity contribution in [1.29, 1.82) is 0 Å². The quantitative estimate of drug-likeness (QED) is 0.133. The van der Waals surface area contributed by atoms with E-state index >= 15 is 0 Å². The van der Waals surface area contributed by atoms with E-state index in [1.54, 1.807) is 6.92 Å². The Morgan fingerprint density at radius 1 is 0.622 bits per heavy atom. The summed E-state index contributed by atoms with van der Waals surface area (Å²) in [6.45, 7) is 1.68. The van der Waals surface area contributed by atoms with Crippen molar-refractivity contribution in [2.75, 3.05) is 0 Å². The summed E-state index contributed by atoms with van der Waals surface area (Å²) in [6, 6.07) is 1.03. The van der Waals surface area contributed by atoms with Crippen molar-refractivity contribution in [2.24, 2.45) is 0 Å². The molecule has 1 aromatic rings. The molecule has 0 spiro atoms. The lowest BCUT2D eigenvalue weighted by molar-refractivity contribution is -0.346. The van der Waals surface area contributed by atoms with Gasteiger partial charge in [-0.2, -0.15) is 61.5 Å². The number of hydrogen-bond acceptors (Lipinski definition) is 4. The van der Waals surface area contributed by atoms with E-state index in [1.165, 1.54) is 0 Å². The molecule has 0 saturated heterocycles. The molecule has 0 fully saturated rings. The van der Waals surface area contributed by atoms with Crippen molar-refractivity contribution >= 4 is 11.9 Å². The molecule has 1 rings (SSSR count). The fourth-order valence-electron chi connectivity index (χ4n) is 2.43. The average molecular weight is 572 g/mol. The van der Waals surface area contributed by atoms with Crippen LogP contribution in [0.4, 0.5) is 61.5 Å². The highest BCUT2D eigenvalue weighted by Crippen LogP contribution is 2.48. The molecule has 37 heavy (non-hydrogen) atoms. The summed E-state index contributed by atoms with van der Waals surface area (Å²) in [7, 11) is 0. The first-order valence-corrected chi connectivity index (χ1v) is 9.66. The van der Waals surface area contributed by atoms with E-state index in [0.717, 1.165) is 0 Å². The molecule has 0 radical (unpaired) electrons. The molecule has 0 aliphatic carbocycles. The third kappa shape index (κ3) is 6.55. The Kier molecular flexibility index (Phi) is 9.15. The largest absolute Gasteiger partial charge is 0.460 e. The minimum absolute atomic E-state index is 0.0389. The van der Waals surface area contributed by atoms with E-state index in [0.29, 0.717) is 25.0 Å². The second kappa shape index (κ2) is 10.5. The number of ether oxygens (including phenoxy) is 2. The molecule has 0 heterocycles. The Balaban J connectivity index is 3.40. The molecule has 0 N–H and O–H groups in total. The second-order valence-corrected chi connectivity index (χ2v) is 7.34. The first kappa shape index (κ1) is 32.2. The molecule has 0 unspecified atom stereocenters. The first-order chi connectivity index (χ1) is 16.4. The number of rotatable bonds is 10. The van der Waals surface area contributed by atoms with Crippen LogP contribution in [0.3, 0.4) is 0 Å². The third-order valence-electron chi connectivity index (χ3n) is 4.44. The third-order valence-corrected chi connectivity index (χ3v) is 4.44. The van der Waals surface area contributed by atoms with E-state index in [4.69, 9.17) is 0 Å². The highest BCUT2D eigenvalue weighted by atomic mass is 19.4. The van der Waals surface area contributed by atoms with Crippen molar-refractivity contribution in [3.8, 4) is 11.5 Å². The molecular weight excluding hydrogens is 558 g/mol. The zero-order valence-corrected chi connectivity index (χ0v) is 18.0. The van der Waals surface area contributed by atoms with Crippen LogP contribution in [0.5, 0.6) is 11.5 Å². The topological polar surface area (TPSA) is 52.6 Å². The SMILES string of the molecule is CCCCCc1cc(OC(=O)C(F)(F)C(F)(F)C(F)(F)F)cc(OC(=O)C(F)(F)C(F)(F)C(F)(F)F)c1. The van der Waals surface area contributed by atoms with E-state index < -0.39 is 59.5 Å². The highest BCUT2D eigenvalue weighted by Gasteiger charge is 2.78. The van der Waals surface area contributed by atoms with Crippen molar-refractivity contribution in [3.63, 3.8) is 0 Å². The summed E-state index contributed by atoms with van der Waals surface area (Å²) in [5.41, 5.74) is -0.307. The summed E-state index contributed by atoms with van der Waals surface area (Å²) in [5.74, 6) is -36.8. The molecule has 0 bridgehead atoms. The van der Waals surface area contributed by atoms with Crippen LogP contribution in [0.2, 0.25) is 0 Å². The number of halogens is 14. The lowest BCUT2D eigenvalue weighted by Crippen LogP contribution is -2.57. The van der Waals surface area contributed by atoms with Gasteiger partial charge in [-0.15, -0.1) is 0 Å². The zero-order valence-electron chi connectivity index (χ0n) is 18.0. The van der Waals surface area contributed by atoms with Gasteiger partial charge in [-0.1, -0.05) is 19.8 Å². The number of unbranched alkanes of at least 4 members (excludes halogenated alkanes) is 2. The van der Waals surface area contributed by atoms with Gasteiger partial charge < -0.3 is 9.47 Å². The normalized spacial score (nSPS) is 13.9. The van der Waals surface area contributed by atoms with Crippen molar-refractivity contribution in [2.45, 2.75) is 68.6 Å². The van der Waals surface area contributed by atoms with Gasteiger partial charge in [-0.25, -0.2) is 9.59 Å². The summed E-state index contributed by atoms with van der Waals surface area (Å²) < 4.78 is 187. The number of carbonyl (C=O) groups is 2. The Hall–Kier alpha value is -2.82. The molecule has 18 heteroatoms. The number of aryl methyl sites for hydroxylation is 1. The molecule has 0 atom stereocenters. The number of hydrogen-bond donors (Lipinski definition) is 0. The van der Waals surface area contributed by atoms with Crippen LogP contribution in [-0.2, 0) is 16.0 Å². The fraction of sp³-hybridized carbons (Fsp3) is 0.579. The van der Waals surface area contributed by atoms with E-state index in [1.807, 2.05) is 0 Å². The second-order valence-electron chi connectivity index (χ2n) is 7.34. The van der Waals surface area contributed by atoms with Crippen molar-refractivity contribution < 1.29 is 80.5 Å². The summed E-state index contributed by atoms with van der Waals surface area (Å²) in [6.07, 6.45) is -12.9. The van der Waals surface area contributed by atoms with Crippen LogP contribution in [-0.4, -0.2) is 48.0 Å². The van der Waals surface area contributed by atoms with E-state index in [9.17, 15) is 71.1 Å². The van der Waals surface area contributed by atoms with Gasteiger partial charge in [0.25, 0.3) is 0 Å². The summed E-state index contributed by atoms with van der Waals surface area (Å²) in [4.78, 5) is 22.9. The zero-order chi connectivity index (χ0) is 29.3. The average Bonchev–Trinajstić information content (AvgIpc) is 2.71. The van der Waals surface area contributed by atoms with Gasteiger partial charge >= 0.3 is 48.0 Å². The number of carbonyl (C=O) groups excluding carboxylic acids is 2. The van der Waals surface area contributed by atoms with Gasteiger partial charge in [0.1, 0.15) is 11.5 Å². The molecule has 0 saturated carbocycles. The maximum atomic E-state index is 13.5. The first-order valence-electron chi connectivity index (χ1n) is 9.66. The van der Waals surface area contributed by atoms with Gasteiger partial charge in [-0.05, 0) is 30.5 Å². The smallest absolute Gasteiger partial charge is 0.422 e. The van der Waals surface area contributed by atoms with Crippen LogP contribution in [0.15, 0.2) is 18.2 Å². The Labute approximate surface area is 197 Å². The van der Waals surface area contributed by atoms with Crippen molar-refractivity contribution in [3.05, 3.63) is 23.8 Å². The van der Waals surface area contributed by atoms with Crippen LogP contribution in [0.1, 0.15) is 31.7 Å². The molecule has 212 valence electrons. The molecule has 0 amide bonds. The summed E-state index contributed by atoms with van der Waals surface area (Å²) in [5, 5.41) is 0. The van der Waals surface area contributed by atoms with Gasteiger partial charge in [0, 0.05) is 6.07 Å². The standard InChI is InChI=1S/C19H14F14O4/c1-2-3-4-5-9-6-10(36-12(34)14(20,21)16(24,25)18(28,29)30)8-11(7-9)37-13(35)15(22,23)17(26,27)19(31,32)33/h6-8H,2-5H2,1H3. The Morgan fingerprint density at radius 2 is 0.973 bits per heavy atom. The number of alkyl halides is 14.